The molecule has 0 bridgehead atoms. The molecule has 0 unspecified atom stereocenters. The molecular formula is C13H11NO. The SMILES string of the molecule is CNc1cccc2oc3ccccc3c12. The molecule has 1 heterocycles. The average Bonchev–Trinajstić information content (AvgIpc) is 2.67. The lowest BCUT2D eigenvalue weighted by atomic mass is 10.1. The zero-order valence-electron chi connectivity index (χ0n) is 8.45. The third kappa shape index (κ3) is 1.11. The molecule has 1 N–H and O–H groups in total. The molecule has 15 heavy (non-hydrogen) atoms. The summed E-state index contributed by atoms with van der Waals surface area (Å²) >= 11 is 0. The Hall–Kier alpha value is -1.96. The van der Waals surface area contributed by atoms with Gasteiger partial charge in [-0.3, -0.25) is 0 Å². The van der Waals surface area contributed by atoms with Gasteiger partial charge in [0.2, 0.25) is 0 Å². The van der Waals surface area contributed by atoms with E-state index in [4.69, 9.17) is 4.42 Å². The maximum atomic E-state index is 5.75. The van der Waals surface area contributed by atoms with Gasteiger partial charge in [0.15, 0.2) is 0 Å². The highest BCUT2D eigenvalue weighted by molar-refractivity contribution is 6.11. The van der Waals surface area contributed by atoms with Crippen LogP contribution < -0.4 is 5.32 Å². The topological polar surface area (TPSA) is 25.2 Å². The molecule has 0 atom stereocenters. The highest BCUT2D eigenvalue weighted by Gasteiger charge is 2.08. The number of benzene rings is 2. The van der Waals surface area contributed by atoms with Gasteiger partial charge in [0.1, 0.15) is 11.2 Å². The predicted molar refractivity (Wildman–Crippen MR) is 63.3 cm³/mol. The van der Waals surface area contributed by atoms with Gasteiger partial charge in [-0.05, 0) is 18.2 Å². The first-order valence-electron chi connectivity index (χ1n) is 4.98. The molecule has 0 fully saturated rings. The molecule has 2 heteroatoms. The highest BCUT2D eigenvalue weighted by Crippen LogP contribution is 2.33. The minimum absolute atomic E-state index is 0.933. The molecular weight excluding hydrogens is 186 g/mol. The van der Waals surface area contributed by atoms with Gasteiger partial charge in [-0.15, -0.1) is 0 Å². The van der Waals surface area contributed by atoms with Crippen LogP contribution in [0.15, 0.2) is 46.9 Å². The van der Waals surface area contributed by atoms with E-state index in [9.17, 15) is 0 Å². The smallest absolute Gasteiger partial charge is 0.137 e. The Bertz CT molecular complexity index is 625. The molecule has 0 saturated carbocycles. The second-order valence-electron chi connectivity index (χ2n) is 3.53. The van der Waals surface area contributed by atoms with Crippen molar-refractivity contribution in [3.8, 4) is 0 Å². The van der Waals surface area contributed by atoms with Crippen LogP contribution >= 0.6 is 0 Å². The van der Waals surface area contributed by atoms with Crippen LogP contribution in [0.5, 0.6) is 0 Å². The lowest BCUT2D eigenvalue weighted by Crippen LogP contribution is -1.87. The molecule has 3 aromatic rings. The van der Waals surface area contributed by atoms with Crippen molar-refractivity contribution in [3.63, 3.8) is 0 Å². The van der Waals surface area contributed by atoms with Gasteiger partial charge in [-0.25, -0.2) is 0 Å². The monoisotopic (exact) mass is 197 g/mol. The van der Waals surface area contributed by atoms with E-state index < -0.39 is 0 Å². The zero-order valence-corrected chi connectivity index (χ0v) is 8.45. The minimum Gasteiger partial charge on any atom is -0.456 e. The molecule has 2 nitrogen and oxygen atoms in total. The number of anilines is 1. The highest BCUT2D eigenvalue weighted by atomic mass is 16.3. The normalized spacial score (nSPS) is 11.0. The summed E-state index contributed by atoms with van der Waals surface area (Å²) in [5, 5.41) is 5.52. The van der Waals surface area contributed by atoms with Crippen LogP contribution in [-0.2, 0) is 0 Å². The average molecular weight is 197 g/mol. The fraction of sp³-hybridized carbons (Fsp3) is 0.0769. The number of rotatable bonds is 1. The Morgan fingerprint density at radius 2 is 1.73 bits per heavy atom. The number of hydrogen-bond donors (Lipinski definition) is 1. The molecule has 2 aromatic carbocycles. The van der Waals surface area contributed by atoms with Crippen molar-refractivity contribution in [3.05, 3.63) is 42.5 Å². The molecule has 0 spiro atoms. The van der Waals surface area contributed by atoms with Crippen molar-refractivity contribution >= 4 is 27.6 Å². The van der Waals surface area contributed by atoms with E-state index in [0.29, 0.717) is 0 Å². The largest absolute Gasteiger partial charge is 0.456 e. The standard InChI is InChI=1S/C13H11NO/c1-14-10-6-4-8-12-13(10)9-5-2-3-7-11(9)15-12/h2-8,14H,1H3. The van der Waals surface area contributed by atoms with Gasteiger partial charge in [-0.1, -0.05) is 24.3 Å². The summed E-state index contributed by atoms with van der Waals surface area (Å²) in [6.45, 7) is 0. The van der Waals surface area contributed by atoms with Gasteiger partial charge in [0.05, 0.1) is 5.39 Å². The number of nitrogens with one attached hydrogen (secondary N) is 1. The molecule has 74 valence electrons. The fourth-order valence-corrected chi connectivity index (χ4v) is 1.98. The second-order valence-corrected chi connectivity index (χ2v) is 3.53. The Balaban J connectivity index is 2.56. The Morgan fingerprint density at radius 3 is 2.60 bits per heavy atom. The van der Waals surface area contributed by atoms with E-state index in [1.807, 2.05) is 37.4 Å². The summed E-state index contributed by atoms with van der Waals surface area (Å²) < 4.78 is 5.75. The first-order chi connectivity index (χ1) is 7.40. The first-order valence-corrected chi connectivity index (χ1v) is 4.98. The van der Waals surface area contributed by atoms with Crippen molar-refractivity contribution in [1.29, 1.82) is 0 Å². The summed E-state index contributed by atoms with van der Waals surface area (Å²) in [6, 6.07) is 14.2. The number of hydrogen-bond acceptors (Lipinski definition) is 2. The lowest BCUT2D eigenvalue weighted by Gasteiger charge is -2.00. The van der Waals surface area contributed by atoms with Crippen LogP contribution in [0.2, 0.25) is 0 Å². The third-order valence-electron chi connectivity index (χ3n) is 2.67. The van der Waals surface area contributed by atoms with Crippen molar-refractivity contribution in [1.82, 2.24) is 0 Å². The first kappa shape index (κ1) is 8.36. The molecule has 0 radical (unpaired) electrons. The maximum Gasteiger partial charge on any atom is 0.137 e. The summed E-state index contributed by atoms with van der Waals surface area (Å²) in [6.07, 6.45) is 0. The molecule has 0 aliphatic carbocycles. The Morgan fingerprint density at radius 1 is 0.933 bits per heavy atom. The lowest BCUT2D eigenvalue weighted by molar-refractivity contribution is 0.669. The molecule has 0 amide bonds. The van der Waals surface area contributed by atoms with E-state index >= 15 is 0 Å². The van der Waals surface area contributed by atoms with Gasteiger partial charge < -0.3 is 9.73 Å². The Labute approximate surface area is 87.5 Å². The third-order valence-corrected chi connectivity index (χ3v) is 2.67. The number of fused-ring (bicyclic) bond motifs is 3. The van der Waals surface area contributed by atoms with Crippen LogP contribution in [-0.4, -0.2) is 7.05 Å². The van der Waals surface area contributed by atoms with Gasteiger partial charge in [0.25, 0.3) is 0 Å². The molecule has 1 aromatic heterocycles. The fourth-order valence-electron chi connectivity index (χ4n) is 1.98. The molecule has 0 saturated heterocycles. The minimum atomic E-state index is 0.933. The summed E-state index contributed by atoms with van der Waals surface area (Å²) in [5.74, 6) is 0. The van der Waals surface area contributed by atoms with Crippen LogP contribution in [0.25, 0.3) is 21.9 Å². The number of furan rings is 1. The quantitative estimate of drug-likeness (QED) is 0.644. The van der Waals surface area contributed by atoms with Crippen molar-refractivity contribution in [2.24, 2.45) is 0 Å². The van der Waals surface area contributed by atoms with Crippen molar-refractivity contribution in [2.75, 3.05) is 12.4 Å². The summed E-state index contributed by atoms with van der Waals surface area (Å²) in [4.78, 5) is 0. The van der Waals surface area contributed by atoms with E-state index in [0.717, 1.165) is 27.6 Å². The van der Waals surface area contributed by atoms with E-state index in [2.05, 4.69) is 17.4 Å². The Kier molecular flexibility index (Phi) is 1.68. The predicted octanol–water partition coefficient (Wildman–Crippen LogP) is 3.63. The van der Waals surface area contributed by atoms with Crippen LogP contribution in [0.1, 0.15) is 0 Å². The molecule has 3 rings (SSSR count). The van der Waals surface area contributed by atoms with E-state index in [1.165, 1.54) is 0 Å². The maximum absolute atomic E-state index is 5.75. The summed E-state index contributed by atoms with van der Waals surface area (Å²) in [7, 11) is 1.93. The van der Waals surface area contributed by atoms with Crippen molar-refractivity contribution < 1.29 is 4.42 Å². The zero-order chi connectivity index (χ0) is 10.3. The number of para-hydroxylation sites is 1. The summed E-state index contributed by atoms with van der Waals surface area (Å²) in [5.41, 5.74) is 2.98. The van der Waals surface area contributed by atoms with Crippen LogP contribution in [0.3, 0.4) is 0 Å². The van der Waals surface area contributed by atoms with E-state index in [-0.39, 0.29) is 0 Å². The van der Waals surface area contributed by atoms with Gasteiger partial charge in [-0.2, -0.15) is 0 Å². The van der Waals surface area contributed by atoms with Crippen molar-refractivity contribution in [2.45, 2.75) is 0 Å². The molecule has 0 aliphatic heterocycles. The van der Waals surface area contributed by atoms with Gasteiger partial charge in [0, 0.05) is 18.1 Å². The second kappa shape index (κ2) is 3.02. The van der Waals surface area contributed by atoms with E-state index in [1.54, 1.807) is 0 Å². The van der Waals surface area contributed by atoms with Crippen LogP contribution in [0, 0.1) is 0 Å². The molecule has 0 aliphatic rings. The van der Waals surface area contributed by atoms with Gasteiger partial charge >= 0.3 is 0 Å². The van der Waals surface area contributed by atoms with Crippen LogP contribution in [0.4, 0.5) is 5.69 Å².